The Bertz CT molecular complexity index is 822. The zero-order chi connectivity index (χ0) is 16.2. The summed E-state index contributed by atoms with van der Waals surface area (Å²) in [7, 11) is 0. The highest BCUT2D eigenvalue weighted by molar-refractivity contribution is 5.77. The summed E-state index contributed by atoms with van der Waals surface area (Å²) in [5.74, 6) is 0.265. The molecule has 0 saturated heterocycles. The summed E-state index contributed by atoms with van der Waals surface area (Å²) < 4.78 is 5.87. The van der Waals surface area contributed by atoms with Crippen molar-refractivity contribution in [2.75, 3.05) is 0 Å². The van der Waals surface area contributed by atoms with Gasteiger partial charge in [-0.05, 0) is 13.0 Å². The summed E-state index contributed by atoms with van der Waals surface area (Å²) in [6, 6.07) is 17.8. The quantitative estimate of drug-likeness (QED) is 0.762. The highest BCUT2D eigenvalue weighted by Crippen LogP contribution is 2.33. The van der Waals surface area contributed by atoms with Gasteiger partial charge in [0.15, 0.2) is 11.7 Å². The standard InChI is InChI=1S/C19H17NO3/c1-13-6-5-9-15(12-13)18-19(14-7-3-2-4-8-14)23-16(20-18)10-11-17(21)22/h2-9,12H,10-11H2,1H3,(H,21,22). The molecular formula is C19H17NO3. The van der Waals surface area contributed by atoms with Crippen molar-refractivity contribution in [1.29, 1.82) is 0 Å². The Kier molecular flexibility index (Phi) is 4.24. The lowest BCUT2D eigenvalue weighted by Crippen LogP contribution is -1.97. The van der Waals surface area contributed by atoms with Gasteiger partial charge in [-0.3, -0.25) is 4.79 Å². The number of carbonyl (C=O) groups is 1. The topological polar surface area (TPSA) is 63.3 Å². The lowest BCUT2D eigenvalue weighted by molar-refractivity contribution is -0.137. The summed E-state index contributed by atoms with van der Waals surface area (Å²) in [4.78, 5) is 15.3. The molecule has 0 atom stereocenters. The fraction of sp³-hybridized carbons (Fsp3) is 0.158. The van der Waals surface area contributed by atoms with Crippen LogP contribution in [-0.4, -0.2) is 16.1 Å². The number of aryl methyl sites for hydroxylation is 2. The Labute approximate surface area is 134 Å². The SMILES string of the molecule is Cc1cccc(-c2nc(CCC(=O)O)oc2-c2ccccc2)c1. The van der Waals surface area contributed by atoms with Gasteiger partial charge < -0.3 is 9.52 Å². The lowest BCUT2D eigenvalue weighted by Gasteiger charge is -2.02. The molecule has 116 valence electrons. The first-order valence-electron chi connectivity index (χ1n) is 7.47. The monoisotopic (exact) mass is 307 g/mol. The number of aromatic nitrogens is 1. The minimum atomic E-state index is -0.860. The van der Waals surface area contributed by atoms with E-state index in [1.165, 1.54) is 0 Å². The van der Waals surface area contributed by atoms with Gasteiger partial charge in [0, 0.05) is 17.5 Å². The minimum Gasteiger partial charge on any atom is -0.481 e. The van der Waals surface area contributed by atoms with Crippen LogP contribution in [0.1, 0.15) is 17.9 Å². The van der Waals surface area contributed by atoms with Crippen LogP contribution in [0.5, 0.6) is 0 Å². The molecule has 4 heteroatoms. The predicted molar refractivity (Wildman–Crippen MR) is 88.1 cm³/mol. The maximum Gasteiger partial charge on any atom is 0.303 e. The molecule has 3 rings (SSSR count). The fourth-order valence-electron chi connectivity index (χ4n) is 2.46. The van der Waals surface area contributed by atoms with Gasteiger partial charge in [0.2, 0.25) is 0 Å². The summed E-state index contributed by atoms with van der Waals surface area (Å²) in [6.45, 7) is 2.02. The van der Waals surface area contributed by atoms with Crippen molar-refractivity contribution in [2.24, 2.45) is 0 Å². The molecular weight excluding hydrogens is 290 g/mol. The smallest absolute Gasteiger partial charge is 0.303 e. The summed E-state index contributed by atoms with van der Waals surface area (Å²) >= 11 is 0. The van der Waals surface area contributed by atoms with E-state index in [9.17, 15) is 4.79 Å². The van der Waals surface area contributed by atoms with Crippen LogP contribution in [0, 0.1) is 6.92 Å². The van der Waals surface area contributed by atoms with E-state index in [4.69, 9.17) is 9.52 Å². The molecule has 0 bridgehead atoms. The Hall–Kier alpha value is -2.88. The van der Waals surface area contributed by atoms with Gasteiger partial charge in [-0.1, -0.05) is 54.1 Å². The molecule has 0 aliphatic heterocycles. The normalized spacial score (nSPS) is 10.7. The van der Waals surface area contributed by atoms with Crippen LogP contribution in [0.25, 0.3) is 22.6 Å². The van der Waals surface area contributed by atoms with Crippen molar-refractivity contribution in [3.8, 4) is 22.6 Å². The van der Waals surface area contributed by atoms with E-state index in [1.54, 1.807) is 0 Å². The van der Waals surface area contributed by atoms with Gasteiger partial charge in [-0.2, -0.15) is 0 Å². The van der Waals surface area contributed by atoms with Crippen molar-refractivity contribution >= 4 is 5.97 Å². The Morgan fingerprint density at radius 3 is 2.52 bits per heavy atom. The number of benzene rings is 2. The minimum absolute atomic E-state index is 0.00198. The first kappa shape index (κ1) is 15.0. The maximum atomic E-state index is 10.8. The van der Waals surface area contributed by atoms with Crippen molar-refractivity contribution in [3.63, 3.8) is 0 Å². The number of rotatable bonds is 5. The lowest BCUT2D eigenvalue weighted by atomic mass is 10.0. The second kappa shape index (κ2) is 6.48. The zero-order valence-corrected chi connectivity index (χ0v) is 12.8. The van der Waals surface area contributed by atoms with E-state index < -0.39 is 5.97 Å². The van der Waals surface area contributed by atoms with E-state index in [0.717, 1.165) is 22.4 Å². The van der Waals surface area contributed by atoms with Crippen LogP contribution >= 0.6 is 0 Å². The number of hydrogen-bond donors (Lipinski definition) is 1. The second-order valence-corrected chi connectivity index (χ2v) is 5.41. The molecule has 0 amide bonds. The summed E-state index contributed by atoms with van der Waals surface area (Å²) in [5, 5.41) is 8.85. The number of oxazole rings is 1. The average Bonchev–Trinajstić information content (AvgIpc) is 2.98. The van der Waals surface area contributed by atoms with Gasteiger partial charge >= 0.3 is 5.97 Å². The van der Waals surface area contributed by atoms with Gasteiger partial charge in [-0.15, -0.1) is 0 Å². The first-order chi connectivity index (χ1) is 11.1. The van der Waals surface area contributed by atoms with Gasteiger partial charge in [0.25, 0.3) is 0 Å². The van der Waals surface area contributed by atoms with Crippen LogP contribution in [0.15, 0.2) is 59.0 Å². The van der Waals surface area contributed by atoms with Crippen LogP contribution in [0.4, 0.5) is 0 Å². The predicted octanol–water partition coefficient (Wildman–Crippen LogP) is 4.33. The number of hydrogen-bond acceptors (Lipinski definition) is 3. The van der Waals surface area contributed by atoms with E-state index in [-0.39, 0.29) is 12.8 Å². The Morgan fingerprint density at radius 1 is 1.09 bits per heavy atom. The van der Waals surface area contributed by atoms with Gasteiger partial charge in [0.1, 0.15) is 5.69 Å². The summed E-state index contributed by atoms with van der Waals surface area (Å²) in [5.41, 5.74) is 3.78. The maximum absolute atomic E-state index is 10.8. The Morgan fingerprint density at radius 2 is 1.83 bits per heavy atom. The van der Waals surface area contributed by atoms with Crippen LogP contribution in [0.3, 0.4) is 0 Å². The second-order valence-electron chi connectivity index (χ2n) is 5.41. The molecule has 0 radical (unpaired) electrons. The molecule has 1 N–H and O–H groups in total. The third kappa shape index (κ3) is 3.48. The molecule has 0 saturated carbocycles. The third-order valence-electron chi connectivity index (χ3n) is 3.55. The molecule has 3 aromatic rings. The van der Waals surface area contributed by atoms with E-state index in [2.05, 4.69) is 4.98 Å². The van der Waals surface area contributed by atoms with Crippen molar-refractivity contribution in [1.82, 2.24) is 4.98 Å². The first-order valence-corrected chi connectivity index (χ1v) is 7.47. The van der Waals surface area contributed by atoms with Crippen LogP contribution in [0.2, 0.25) is 0 Å². The van der Waals surface area contributed by atoms with Gasteiger partial charge in [-0.25, -0.2) is 4.98 Å². The number of nitrogens with zero attached hydrogens (tertiary/aromatic N) is 1. The Balaban J connectivity index is 2.07. The fourth-order valence-corrected chi connectivity index (χ4v) is 2.46. The zero-order valence-electron chi connectivity index (χ0n) is 12.8. The highest BCUT2D eigenvalue weighted by Gasteiger charge is 2.17. The average molecular weight is 307 g/mol. The van der Waals surface area contributed by atoms with E-state index >= 15 is 0 Å². The molecule has 1 aromatic heterocycles. The molecule has 2 aromatic carbocycles. The van der Waals surface area contributed by atoms with E-state index in [1.807, 2.05) is 61.5 Å². The molecule has 23 heavy (non-hydrogen) atoms. The van der Waals surface area contributed by atoms with Crippen molar-refractivity contribution in [3.05, 3.63) is 66.1 Å². The van der Waals surface area contributed by atoms with Crippen molar-refractivity contribution < 1.29 is 14.3 Å². The number of carboxylic acid groups (broad SMARTS) is 1. The molecule has 0 spiro atoms. The molecule has 0 unspecified atom stereocenters. The molecule has 1 heterocycles. The van der Waals surface area contributed by atoms with Crippen LogP contribution < -0.4 is 0 Å². The number of aliphatic carboxylic acids is 1. The highest BCUT2D eigenvalue weighted by atomic mass is 16.4. The number of carboxylic acids is 1. The largest absolute Gasteiger partial charge is 0.481 e. The van der Waals surface area contributed by atoms with Crippen molar-refractivity contribution in [2.45, 2.75) is 19.8 Å². The molecule has 0 aliphatic carbocycles. The molecule has 4 nitrogen and oxygen atoms in total. The molecule has 0 aliphatic rings. The summed E-state index contributed by atoms with van der Waals surface area (Å²) in [6.07, 6.45) is 0.281. The van der Waals surface area contributed by atoms with Gasteiger partial charge in [0.05, 0.1) is 6.42 Å². The third-order valence-corrected chi connectivity index (χ3v) is 3.55. The van der Waals surface area contributed by atoms with Crippen LogP contribution in [-0.2, 0) is 11.2 Å². The molecule has 0 fully saturated rings. The van der Waals surface area contributed by atoms with E-state index in [0.29, 0.717) is 11.7 Å².